The molecular formula is C33H32F4O. The molecule has 0 aliphatic carbocycles. The van der Waals surface area contributed by atoms with E-state index in [0.29, 0.717) is 5.56 Å². The van der Waals surface area contributed by atoms with Crippen molar-refractivity contribution in [2.75, 3.05) is 0 Å². The predicted octanol–water partition coefficient (Wildman–Crippen LogP) is 10.2. The molecule has 0 fully saturated rings. The largest absolute Gasteiger partial charge is 0.432 e. The number of rotatable bonds is 11. The van der Waals surface area contributed by atoms with Crippen LogP contribution >= 0.6 is 0 Å². The van der Waals surface area contributed by atoms with Gasteiger partial charge in [0.05, 0.1) is 0 Å². The first-order valence-corrected chi connectivity index (χ1v) is 13.1. The van der Waals surface area contributed by atoms with Gasteiger partial charge in [0.1, 0.15) is 22.9 Å². The Balaban J connectivity index is 1.46. The van der Waals surface area contributed by atoms with E-state index < -0.39 is 23.3 Å². The minimum atomic E-state index is -4.17. The van der Waals surface area contributed by atoms with E-state index in [4.69, 9.17) is 0 Å². The van der Waals surface area contributed by atoms with Gasteiger partial charge in [-0.25, -0.2) is 8.78 Å². The molecule has 0 N–H and O–H groups in total. The average Bonchev–Trinajstić information content (AvgIpc) is 2.90. The first-order chi connectivity index (χ1) is 18.3. The fourth-order valence-electron chi connectivity index (χ4n) is 4.47. The van der Waals surface area contributed by atoms with Crippen molar-refractivity contribution < 1.29 is 22.3 Å². The first-order valence-electron chi connectivity index (χ1n) is 13.1. The highest BCUT2D eigenvalue weighted by Gasteiger charge is 2.41. The zero-order valence-corrected chi connectivity index (χ0v) is 21.7. The molecule has 4 rings (SSSR count). The van der Waals surface area contributed by atoms with Crippen LogP contribution in [0, 0.1) is 18.6 Å². The molecule has 4 aromatic carbocycles. The van der Waals surface area contributed by atoms with Crippen LogP contribution in [-0.2, 0) is 12.5 Å². The Kier molecular flexibility index (Phi) is 8.88. The monoisotopic (exact) mass is 520 g/mol. The second-order valence-electron chi connectivity index (χ2n) is 9.69. The van der Waals surface area contributed by atoms with E-state index in [0.717, 1.165) is 35.2 Å². The molecular weight excluding hydrogens is 488 g/mol. The third kappa shape index (κ3) is 6.83. The van der Waals surface area contributed by atoms with E-state index in [1.165, 1.54) is 49.8 Å². The molecule has 0 saturated carbocycles. The molecule has 0 radical (unpaired) electrons. The minimum absolute atomic E-state index is 0.167. The zero-order chi connectivity index (χ0) is 27.1. The van der Waals surface area contributed by atoms with E-state index in [1.807, 2.05) is 12.1 Å². The fourth-order valence-corrected chi connectivity index (χ4v) is 4.47. The summed E-state index contributed by atoms with van der Waals surface area (Å²) in [5.74, 6) is -2.92. The van der Waals surface area contributed by atoms with Gasteiger partial charge in [0, 0.05) is 0 Å². The third-order valence-electron chi connectivity index (χ3n) is 6.67. The van der Waals surface area contributed by atoms with Gasteiger partial charge in [-0.3, -0.25) is 0 Å². The van der Waals surface area contributed by atoms with Crippen molar-refractivity contribution in [2.45, 2.75) is 58.5 Å². The molecule has 0 amide bonds. The molecule has 198 valence electrons. The van der Waals surface area contributed by atoms with E-state index >= 15 is 0 Å². The van der Waals surface area contributed by atoms with Crippen molar-refractivity contribution in [3.63, 3.8) is 0 Å². The predicted molar refractivity (Wildman–Crippen MR) is 145 cm³/mol. The molecule has 0 aromatic heterocycles. The molecule has 0 spiro atoms. The lowest BCUT2D eigenvalue weighted by molar-refractivity contribution is -0.189. The summed E-state index contributed by atoms with van der Waals surface area (Å²) >= 11 is 0. The summed E-state index contributed by atoms with van der Waals surface area (Å²) in [4.78, 5) is 0. The summed E-state index contributed by atoms with van der Waals surface area (Å²) in [6.07, 6.45) is 3.12. The maximum Gasteiger partial charge on any atom is 0.432 e. The smallest absolute Gasteiger partial charge is 0.429 e. The van der Waals surface area contributed by atoms with Crippen molar-refractivity contribution in [2.24, 2.45) is 0 Å². The topological polar surface area (TPSA) is 9.23 Å². The van der Waals surface area contributed by atoms with Gasteiger partial charge in [-0.05, 0) is 71.8 Å². The highest BCUT2D eigenvalue weighted by atomic mass is 19.3. The highest BCUT2D eigenvalue weighted by molar-refractivity contribution is 5.71. The van der Waals surface area contributed by atoms with Crippen molar-refractivity contribution in [1.82, 2.24) is 0 Å². The van der Waals surface area contributed by atoms with Crippen LogP contribution in [0.5, 0.6) is 5.75 Å². The second kappa shape index (κ2) is 12.3. The normalized spacial score (nSPS) is 11.5. The van der Waals surface area contributed by atoms with Crippen LogP contribution in [0.25, 0.3) is 22.3 Å². The van der Waals surface area contributed by atoms with E-state index in [2.05, 4.69) is 35.9 Å². The summed E-state index contributed by atoms with van der Waals surface area (Å²) in [6, 6.07) is 23.2. The van der Waals surface area contributed by atoms with Crippen LogP contribution in [0.1, 0.15) is 55.7 Å². The number of hydrogen-bond donors (Lipinski definition) is 0. The van der Waals surface area contributed by atoms with Gasteiger partial charge < -0.3 is 4.74 Å². The number of benzene rings is 4. The highest BCUT2D eigenvalue weighted by Crippen LogP contribution is 2.37. The Morgan fingerprint density at radius 3 is 1.68 bits per heavy atom. The number of halogens is 4. The van der Waals surface area contributed by atoms with Crippen LogP contribution in [0.2, 0.25) is 0 Å². The van der Waals surface area contributed by atoms with Crippen LogP contribution < -0.4 is 4.74 Å². The van der Waals surface area contributed by atoms with Gasteiger partial charge in [-0.1, -0.05) is 98.8 Å². The van der Waals surface area contributed by atoms with Gasteiger partial charge in [0.25, 0.3) is 0 Å². The Morgan fingerprint density at radius 1 is 0.632 bits per heavy atom. The van der Waals surface area contributed by atoms with Crippen molar-refractivity contribution in [3.05, 3.63) is 113 Å². The number of unbranched alkanes of at least 4 members (excludes halogenated alkanes) is 4. The Hall–Kier alpha value is -3.60. The van der Waals surface area contributed by atoms with Crippen LogP contribution in [-0.4, -0.2) is 0 Å². The van der Waals surface area contributed by atoms with E-state index in [1.54, 1.807) is 31.2 Å². The lowest BCUT2D eigenvalue weighted by atomic mass is 9.97. The van der Waals surface area contributed by atoms with Crippen molar-refractivity contribution in [1.29, 1.82) is 0 Å². The molecule has 4 aromatic rings. The molecule has 0 aliphatic rings. The molecule has 0 aliphatic heterocycles. The first kappa shape index (κ1) is 27.4. The summed E-state index contributed by atoms with van der Waals surface area (Å²) in [7, 11) is 0. The van der Waals surface area contributed by atoms with E-state index in [-0.39, 0.29) is 11.3 Å². The molecule has 0 heterocycles. The maximum atomic E-state index is 14.8. The molecule has 38 heavy (non-hydrogen) atoms. The molecule has 0 atom stereocenters. The molecule has 0 unspecified atom stereocenters. The Bertz CT molecular complexity index is 1300. The average molecular weight is 521 g/mol. The summed E-state index contributed by atoms with van der Waals surface area (Å²) in [5.41, 5.74) is 3.41. The van der Waals surface area contributed by atoms with Crippen molar-refractivity contribution >= 4 is 0 Å². The molecule has 0 bridgehead atoms. The fraction of sp³-hybridized carbons (Fsp3) is 0.273. The number of aryl methyl sites for hydroxylation is 2. The second-order valence-corrected chi connectivity index (χ2v) is 9.69. The molecule has 1 nitrogen and oxygen atoms in total. The Morgan fingerprint density at radius 2 is 1.13 bits per heavy atom. The maximum absolute atomic E-state index is 14.8. The SMILES string of the molecule is CCCCCCCc1ccc(-c2ccc(-c3cc(F)c(C(F)(F)Oc4ccc(C)cc4)c(F)c3)cc2)cc1. The number of hydrogen-bond acceptors (Lipinski definition) is 1. The zero-order valence-electron chi connectivity index (χ0n) is 21.7. The van der Waals surface area contributed by atoms with Crippen LogP contribution in [0.3, 0.4) is 0 Å². The molecule has 5 heteroatoms. The van der Waals surface area contributed by atoms with Crippen LogP contribution in [0.4, 0.5) is 17.6 Å². The van der Waals surface area contributed by atoms with Gasteiger partial charge >= 0.3 is 6.11 Å². The number of ether oxygens (including phenoxy) is 1. The standard InChI is InChI=1S/C33H32F4O/c1-3-4-5-6-7-8-24-11-13-25(14-12-24)26-15-17-27(18-16-26)28-21-30(34)32(31(35)22-28)33(36,37)38-29-19-9-23(2)10-20-29/h9-22H,3-8H2,1-2H3. The van der Waals surface area contributed by atoms with Gasteiger partial charge in [0.15, 0.2) is 0 Å². The summed E-state index contributed by atoms with van der Waals surface area (Å²) in [6.45, 7) is 4.00. The number of alkyl halides is 2. The van der Waals surface area contributed by atoms with Crippen molar-refractivity contribution in [3.8, 4) is 28.0 Å². The summed E-state index contributed by atoms with van der Waals surface area (Å²) in [5, 5.41) is 0. The summed E-state index contributed by atoms with van der Waals surface area (Å²) < 4.78 is 63.6. The lowest BCUT2D eigenvalue weighted by Gasteiger charge is -2.20. The third-order valence-corrected chi connectivity index (χ3v) is 6.67. The van der Waals surface area contributed by atoms with Crippen LogP contribution in [0.15, 0.2) is 84.9 Å². The van der Waals surface area contributed by atoms with E-state index in [9.17, 15) is 17.6 Å². The molecule has 0 saturated heterocycles. The van der Waals surface area contributed by atoms with Gasteiger partial charge in [0.2, 0.25) is 0 Å². The minimum Gasteiger partial charge on any atom is -0.429 e. The van der Waals surface area contributed by atoms with Gasteiger partial charge in [-0.2, -0.15) is 8.78 Å². The lowest BCUT2D eigenvalue weighted by Crippen LogP contribution is -2.25. The Labute approximate surface area is 222 Å². The quantitative estimate of drug-likeness (QED) is 0.141. The van der Waals surface area contributed by atoms with Gasteiger partial charge in [-0.15, -0.1) is 0 Å².